The maximum atomic E-state index is 6.64. The summed E-state index contributed by atoms with van der Waals surface area (Å²) in [5.74, 6) is 2.71. The Morgan fingerprint density at radius 1 is 1.05 bits per heavy atom. The maximum absolute atomic E-state index is 6.64. The molecule has 0 radical (unpaired) electrons. The molecule has 0 spiro atoms. The zero-order valence-electron chi connectivity index (χ0n) is 23.4. The minimum absolute atomic E-state index is 0.0839. The lowest BCUT2D eigenvalue weighted by molar-refractivity contribution is 0.121. The first kappa shape index (κ1) is 26.4. The van der Waals surface area contributed by atoms with Crippen molar-refractivity contribution in [3.63, 3.8) is 0 Å². The third-order valence-corrected chi connectivity index (χ3v) is 7.91. The highest BCUT2D eigenvalue weighted by Gasteiger charge is 2.26. The maximum Gasteiger partial charge on any atom is 0.225 e. The number of aromatic nitrogens is 6. The SMILES string of the molecule is CC(Oc1cnc2cc(N3CCOCC3)nc(OC3CCC(n4ccnc4)CC3)c2c1)c1cnn(C(C)C)c1N. The first-order chi connectivity index (χ1) is 19.5. The van der Waals surface area contributed by atoms with E-state index in [1.165, 1.54) is 0 Å². The van der Waals surface area contributed by atoms with Crippen LogP contribution in [-0.4, -0.2) is 61.7 Å². The van der Waals surface area contributed by atoms with E-state index in [0.29, 0.717) is 36.7 Å². The van der Waals surface area contributed by atoms with Gasteiger partial charge in [-0.2, -0.15) is 10.1 Å². The molecule has 11 heteroatoms. The van der Waals surface area contributed by atoms with Gasteiger partial charge in [-0.25, -0.2) is 9.67 Å². The van der Waals surface area contributed by atoms with E-state index in [9.17, 15) is 0 Å². The molecule has 1 unspecified atom stereocenters. The molecule has 6 rings (SSSR count). The molecule has 2 aliphatic rings. The normalized spacial score (nSPS) is 20.6. The average Bonchev–Trinajstić information content (AvgIpc) is 3.64. The van der Waals surface area contributed by atoms with E-state index in [2.05, 4.69) is 33.4 Å². The lowest BCUT2D eigenvalue weighted by Crippen LogP contribution is -2.36. The van der Waals surface area contributed by atoms with Gasteiger partial charge in [0.2, 0.25) is 5.88 Å². The van der Waals surface area contributed by atoms with Gasteiger partial charge in [0.25, 0.3) is 0 Å². The Morgan fingerprint density at radius 3 is 2.55 bits per heavy atom. The Hall–Kier alpha value is -3.86. The summed E-state index contributed by atoms with van der Waals surface area (Å²) < 4.78 is 22.5. The Morgan fingerprint density at radius 2 is 1.85 bits per heavy atom. The molecule has 4 aromatic rings. The summed E-state index contributed by atoms with van der Waals surface area (Å²) in [6, 6.07) is 4.64. The van der Waals surface area contributed by atoms with Crippen molar-refractivity contribution in [1.82, 2.24) is 29.3 Å². The summed E-state index contributed by atoms with van der Waals surface area (Å²) in [7, 11) is 0. The summed E-state index contributed by atoms with van der Waals surface area (Å²) in [4.78, 5) is 16.2. The molecule has 0 amide bonds. The van der Waals surface area contributed by atoms with Gasteiger partial charge >= 0.3 is 0 Å². The number of anilines is 2. The fourth-order valence-corrected chi connectivity index (χ4v) is 5.65. The Labute approximate surface area is 234 Å². The van der Waals surface area contributed by atoms with Crippen LogP contribution in [0.1, 0.15) is 70.2 Å². The number of ether oxygens (including phenoxy) is 3. The first-order valence-corrected chi connectivity index (χ1v) is 14.2. The molecule has 1 aliphatic heterocycles. The number of nitrogens with two attached hydrogens (primary N) is 1. The van der Waals surface area contributed by atoms with Gasteiger partial charge in [-0.3, -0.25) is 4.98 Å². The van der Waals surface area contributed by atoms with Gasteiger partial charge in [-0.1, -0.05) is 0 Å². The van der Waals surface area contributed by atoms with Crippen molar-refractivity contribution in [2.75, 3.05) is 36.9 Å². The monoisotopic (exact) mass is 546 g/mol. The van der Waals surface area contributed by atoms with E-state index in [4.69, 9.17) is 29.9 Å². The zero-order chi connectivity index (χ0) is 27.6. The van der Waals surface area contributed by atoms with E-state index < -0.39 is 0 Å². The average molecular weight is 547 g/mol. The largest absolute Gasteiger partial charge is 0.484 e. The number of fused-ring (bicyclic) bond motifs is 1. The molecular formula is C29H38N8O3. The van der Waals surface area contributed by atoms with E-state index in [-0.39, 0.29) is 18.2 Å². The third-order valence-electron chi connectivity index (χ3n) is 7.91. The quantitative estimate of drug-likeness (QED) is 0.335. The van der Waals surface area contributed by atoms with Gasteiger partial charge in [-0.05, 0) is 52.5 Å². The third kappa shape index (κ3) is 5.42. The van der Waals surface area contributed by atoms with E-state index in [1.807, 2.05) is 37.8 Å². The molecular weight excluding hydrogens is 508 g/mol. The molecule has 5 heterocycles. The summed E-state index contributed by atoms with van der Waals surface area (Å²) in [6.07, 6.45) is 13.1. The molecule has 2 N–H and O–H groups in total. The standard InChI is InChI=1S/C29H38N8O3/c1-19(2)37-28(30)25(17-33-37)20(3)39-23-14-24-26(32-16-23)15-27(35-10-12-38-13-11-35)34-29(24)40-22-6-4-21(5-7-22)36-9-8-31-18-36/h8-9,14-22H,4-7,10-13,30H2,1-3H3. The molecule has 1 aliphatic carbocycles. The first-order valence-electron chi connectivity index (χ1n) is 14.2. The fourth-order valence-electron chi connectivity index (χ4n) is 5.65. The number of imidazole rings is 1. The van der Waals surface area contributed by atoms with Gasteiger partial charge in [0.15, 0.2) is 0 Å². The molecule has 1 saturated carbocycles. The number of hydrogen-bond donors (Lipinski definition) is 1. The number of hydrogen-bond acceptors (Lipinski definition) is 9. The second-order valence-corrected chi connectivity index (χ2v) is 11.0. The number of nitrogens with zero attached hydrogens (tertiary/aromatic N) is 7. The van der Waals surface area contributed by atoms with Gasteiger partial charge < -0.3 is 29.4 Å². The molecule has 2 fully saturated rings. The number of nitrogen functional groups attached to an aromatic ring is 1. The Balaban J connectivity index is 1.26. The summed E-state index contributed by atoms with van der Waals surface area (Å²) >= 11 is 0. The van der Waals surface area contributed by atoms with Crippen molar-refractivity contribution in [2.24, 2.45) is 0 Å². The van der Waals surface area contributed by atoms with Gasteiger partial charge in [0.05, 0.1) is 48.4 Å². The second kappa shape index (κ2) is 11.3. The Bertz CT molecular complexity index is 1420. The number of morpholine rings is 1. The van der Waals surface area contributed by atoms with Crippen LogP contribution in [0.3, 0.4) is 0 Å². The van der Waals surface area contributed by atoms with Crippen LogP contribution in [0.4, 0.5) is 11.6 Å². The van der Waals surface area contributed by atoms with Crippen LogP contribution < -0.4 is 20.1 Å². The minimum atomic E-state index is -0.296. The van der Waals surface area contributed by atoms with Crippen molar-refractivity contribution in [2.45, 2.75) is 70.7 Å². The molecule has 4 aromatic heterocycles. The van der Waals surface area contributed by atoms with Gasteiger partial charge in [0, 0.05) is 43.6 Å². The molecule has 11 nitrogen and oxygen atoms in total. The predicted octanol–water partition coefficient (Wildman–Crippen LogP) is 4.73. The summed E-state index contributed by atoms with van der Waals surface area (Å²) in [5, 5.41) is 5.27. The zero-order valence-corrected chi connectivity index (χ0v) is 23.4. The van der Waals surface area contributed by atoms with Crippen molar-refractivity contribution in [3.05, 3.63) is 48.8 Å². The Kier molecular flexibility index (Phi) is 7.46. The van der Waals surface area contributed by atoms with Crippen molar-refractivity contribution in [3.8, 4) is 11.6 Å². The highest BCUT2D eigenvalue weighted by atomic mass is 16.5. The molecule has 212 valence electrons. The fraction of sp³-hybridized carbons (Fsp3) is 0.517. The summed E-state index contributed by atoms with van der Waals surface area (Å²) in [6.45, 7) is 9.02. The van der Waals surface area contributed by atoms with Crippen LogP contribution in [-0.2, 0) is 4.74 Å². The van der Waals surface area contributed by atoms with E-state index in [0.717, 1.165) is 61.1 Å². The van der Waals surface area contributed by atoms with Crippen LogP contribution in [0.5, 0.6) is 11.6 Å². The van der Waals surface area contributed by atoms with Crippen molar-refractivity contribution >= 4 is 22.5 Å². The topological polar surface area (TPSA) is 118 Å². The van der Waals surface area contributed by atoms with Crippen molar-refractivity contribution < 1.29 is 14.2 Å². The van der Waals surface area contributed by atoms with Crippen molar-refractivity contribution in [1.29, 1.82) is 0 Å². The van der Waals surface area contributed by atoms with Crippen LogP contribution in [0.15, 0.2) is 43.2 Å². The van der Waals surface area contributed by atoms with Crippen LogP contribution in [0.25, 0.3) is 10.9 Å². The van der Waals surface area contributed by atoms with Gasteiger partial charge in [-0.15, -0.1) is 0 Å². The molecule has 1 saturated heterocycles. The number of rotatable bonds is 8. The van der Waals surface area contributed by atoms with E-state index >= 15 is 0 Å². The molecule has 0 aromatic carbocycles. The summed E-state index contributed by atoms with van der Waals surface area (Å²) in [5.41, 5.74) is 8.03. The van der Waals surface area contributed by atoms with Crippen LogP contribution >= 0.6 is 0 Å². The highest BCUT2D eigenvalue weighted by Crippen LogP contribution is 2.36. The smallest absolute Gasteiger partial charge is 0.225 e. The molecule has 40 heavy (non-hydrogen) atoms. The van der Waals surface area contributed by atoms with Crippen LogP contribution in [0.2, 0.25) is 0 Å². The minimum Gasteiger partial charge on any atom is -0.484 e. The van der Waals surface area contributed by atoms with E-state index in [1.54, 1.807) is 17.1 Å². The lowest BCUT2D eigenvalue weighted by Gasteiger charge is -2.31. The second-order valence-electron chi connectivity index (χ2n) is 11.0. The van der Waals surface area contributed by atoms with Crippen LogP contribution in [0, 0.1) is 0 Å². The predicted molar refractivity (Wildman–Crippen MR) is 153 cm³/mol. The number of pyridine rings is 2. The van der Waals surface area contributed by atoms with Gasteiger partial charge in [0.1, 0.15) is 29.6 Å². The lowest BCUT2D eigenvalue weighted by atomic mass is 9.93. The molecule has 0 bridgehead atoms. The highest BCUT2D eigenvalue weighted by molar-refractivity contribution is 5.87. The molecule has 1 atom stereocenters.